The molecule has 0 bridgehead atoms. The van der Waals surface area contributed by atoms with Gasteiger partial charge in [0.1, 0.15) is 12.0 Å². The molecule has 5 nitrogen and oxygen atoms in total. The molecule has 3 heterocycles. The predicted molar refractivity (Wildman–Crippen MR) is 93.0 cm³/mol. The van der Waals surface area contributed by atoms with Gasteiger partial charge in [0.05, 0.1) is 12.1 Å². The van der Waals surface area contributed by atoms with Crippen molar-refractivity contribution in [1.82, 2.24) is 19.8 Å². The van der Waals surface area contributed by atoms with E-state index in [0.29, 0.717) is 26.1 Å². The maximum absolute atomic E-state index is 13.9. The summed E-state index contributed by atoms with van der Waals surface area (Å²) in [6.45, 7) is 5.42. The van der Waals surface area contributed by atoms with Crippen LogP contribution in [0.5, 0.6) is 0 Å². The van der Waals surface area contributed by atoms with Gasteiger partial charge in [0.25, 0.3) is 5.91 Å². The highest BCUT2D eigenvalue weighted by molar-refractivity contribution is 7.10. The number of amides is 1. The Balaban J connectivity index is 1.61. The molecule has 0 unspecified atom stereocenters. The van der Waals surface area contributed by atoms with Crippen LogP contribution in [0.25, 0.3) is 0 Å². The van der Waals surface area contributed by atoms with Crippen molar-refractivity contribution < 1.29 is 9.18 Å². The van der Waals surface area contributed by atoms with Gasteiger partial charge in [-0.15, -0.1) is 11.3 Å². The summed E-state index contributed by atoms with van der Waals surface area (Å²) in [4.78, 5) is 19.9. The first-order valence-corrected chi connectivity index (χ1v) is 9.01. The molecular weight excluding hydrogens is 327 g/mol. The summed E-state index contributed by atoms with van der Waals surface area (Å²) >= 11 is 1.58. The number of hydrogen-bond donors (Lipinski definition) is 1. The van der Waals surface area contributed by atoms with Crippen molar-refractivity contribution in [2.75, 3.05) is 13.1 Å². The molecule has 2 aromatic heterocycles. The highest BCUT2D eigenvalue weighted by Gasteiger charge is 2.33. The Labute approximate surface area is 145 Å². The fourth-order valence-corrected chi connectivity index (χ4v) is 3.97. The highest BCUT2D eigenvalue weighted by Crippen LogP contribution is 2.23. The summed E-state index contributed by atoms with van der Waals surface area (Å²) in [7, 11) is 1.93. The van der Waals surface area contributed by atoms with Gasteiger partial charge in [-0.25, -0.2) is 9.37 Å². The molecule has 0 radical (unpaired) electrons. The van der Waals surface area contributed by atoms with Gasteiger partial charge in [0, 0.05) is 48.8 Å². The van der Waals surface area contributed by atoms with Crippen LogP contribution >= 0.6 is 11.3 Å². The average Bonchev–Trinajstić information content (AvgIpc) is 3.20. The van der Waals surface area contributed by atoms with Crippen LogP contribution in [0, 0.1) is 13.8 Å². The zero-order chi connectivity index (χ0) is 17.3. The Kier molecular flexibility index (Phi) is 5.01. The number of halogens is 1. The third-order valence-corrected chi connectivity index (χ3v) is 5.78. The fourth-order valence-electron chi connectivity index (χ4n) is 3.10. The monoisotopic (exact) mass is 350 g/mol. The number of imidazole rings is 1. The van der Waals surface area contributed by atoms with E-state index in [2.05, 4.69) is 15.2 Å². The largest absolute Gasteiger partial charge is 0.350 e. The number of nitrogens with one attached hydrogen (secondary N) is 1. The third kappa shape index (κ3) is 3.52. The summed E-state index contributed by atoms with van der Waals surface area (Å²) in [6, 6.07) is 0.000638. The van der Waals surface area contributed by atoms with E-state index in [1.54, 1.807) is 17.5 Å². The van der Waals surface area contributed by atoms with Gasteiger partial charge in [0.15, 0.2) is 0 Å². The van der Waals surface area contributed by atoms with Gasteiger partial charge in [-0.2, -0.15) is 0 Å². The number of likely N-dealkylation sites (tertiary alicyclic amines) is 1. The maximum atomic E-state index is 13.9. The Bertz CT molecular complexity index is 726. The molecule has 0 aromatic carbocycles. The van der Waals surface area contributed by atoms with Gasteiger partial charge >= 0.3 is 0 Å². The van der Waals surface area contributed by atoms with Crippen LogP contribution in [0.2, 0.25) is 0 Å². The maximum Gasteiger partial charge on any atom is 0.252 e. The number of aromatic nitrogens is 2. The van der Waals surface area contributed by atoms with Crippen molar-refractivity contribution in [3.8, 4) is 0 Å². The minimum Gasteiger partial charge on any atom is -0.350 e. The molecule has 0 aliphatic carbocycles. The second-order valence-corrected chi connectivity index (χ2v) is 7.49. The van der Waals surface area contributed by atoms with Crippen LogP contribution in [-0.4, -0.2) is 45.7 Å². The summed E-state index contributed by atoms with van der Waals surface area (Å²) < 4.78 is 15.8. The van der Waals surface area contributed by atoms with Gasteiger partial charge in [0.2, 0.25) is 0 Å². The lowest BCUT2D eigenvalue weighted by Gasteiger charge is -2.24. The van der Waals surface area contributed by atoms with E-state index in [1.807, 2.05) is 37.0 Å². The number of rotatable bonds is 5. The van der Waals surface area contributed by atoms with Crippen molar-refractivity contribution >= 4 is 17.2 Å². The van der Waals surface area contributed by atoms with Crippen molar-refractivity contribution in [2.24, 2.45) is 7.05 Å². The van der Waals surface area contributed by atoms with Crippen LogP contribution in [0.3, 0.4) is 0 Å². The van der Waals surface area contributed by atoms with Crippen LogP contribution in [0.15, 0.2) is 17.8 Å². The van der Waals surface area contributed by atoms with Gasteiger partial charge in [-0.3, -0.25) is 9.69 Å². The standard InChI is InChI=1S/C17H23FN4OS/c1-11-12(2)24-10-15(11)17(23)20-7-14-6-13(18)8-22(14)9-16-19-4-5-21(16)3/h4-5,10,13-14H,6-9H2,1-3H3,(H,20,23)/t13-,14-/m0/s1. The van der Waals surface area contributed by atoms with Gasteiger partial charge in [-0.05, 0) is 25.8 Å². The van der Waals surface area contributed by atoms with Crippen LogP contribution < -0.4 is 5.32 Å². The molecular formula is C17H23FN4OS. The van der Waals surface area contributed by atoms with Crippen molar-refractivity contribution in [1.29, 1.82) is 0 Å². The van der Waals surface area contributed by atoms with Crippen molar-refractivity contribution in [3.05, 3.63) is 39.6 Å². The molecule has 1 amide bonds. The van der Waals surface area contributed by atoms with E-state index >= 15 is 0 Å². The molecule has 2 aromatic rings. The molecule has 1 aliphatic heterocycles. The summed E-state index contributed by atoms with van der Waals surface area (Å²) in [5.41, 5.74) is 1.75. The van der Waals surface area contributed by atoms with E-state index in [0.717, 1.165) is 21.8 Å². The first kappa shape index (κ1) is 17.1. The molecule has 1 aliphatic rings. The first-order chi connectivity index (χ1) is 11.5. The van der Waals surface area contributed by atoms with Gasteiger partial charge in [-0.1, -0.05) is 0 Å². The Morgan fingerprint density at radius 2 is 2.29 bits per heavy atom. The lowest BCUT2D eigenvalue weighted by Crippen LogP contribution is -2.40. The van der Waals surface area contributed by atoms with Gasteiger partial charge < -0.3 is 9.88 Å². The Hall–Kier alpha value is -1.73. The Morgan fingerprint density at radius 3 is 2.92 bits per heavy atom. The summed E-state index contributed by atoms with van der Waals surface area (Å²) in [5.74, 6) is 0.834. The predicted octanol–water partition coefficient (Wildman–Crippen LogP) is 2.44. The zero-order valence-electron chi connectivity index (χ0n) is 14.3. The molecule has 130 valence electrons. The molecule has 1 N–H and O–H groups in total. The topological polar surface area (TPSA) is 50.2 Å². The van der Waals surface area contributed by atoms with E-state index in [1.165, 1.54) is 0 Å². The SMILES string of the molecule is Cc1scc(C(=O)NC[C@@H]2C[C@H](F)CN2Cc2nccn2C)c1C. The van der Waals surface area contributed by atoms with Crippen LogP contribution in [0.1, 0.15) is 33.0 Å². The molecule has 24 heavy (non-hydrogen) atoms. The number of hydrogen-bond acceptors (Lipinski definition) is 4. The second-order valence-electron chi connectivity index (χ2n) is 6.41. The minimum atomic E-state index is -0.850. The average molecular weight is 350 g/mol. The fraction of sp³-hybridized carbons (Fsp3) is 0.529. The molecule has 2 atom stereocenters. The number of nitrogens with zero attached hydrogens (tertiary/aromatic N) is 3. The summed E-state index contributed by atoms with van der Waals surface area (Å²) in [6.07, 6.45) is 3.23. The molecule has 1 fully saturated rings. The quantitative estimate of drug-likeness (QED) is 0.901. The zero-order valence-corrected chi connectivity index (χ0v) is 15.1. The number of carbonyl (C=O) groups is 1. The first-order valence-electron chi connectivity index (χ1n) is 8.13. The number of carbonyl (C=O) groups excluding carboxylic acids is 1. The summed E-state index contributed by atoms with van der Waals surface area (Å²) in [5, 5.41) is 4.86. The molecule has 7 heteroatoms. The molecule has 1 saturated heterocycles. The minimum absolute atomic E-state index is 0.000638. The van der Waals surface area contributed by atoms with E-state index in [-0.39, 0.29) is 11.9 Å². The third-order valence-electron chi connectivity index (χ3n) is 4.77. The number of thiophene rings is 1. The molecule has 0 spiro atoms. The van der Waals surface area contributed by atoms with Crippen molar-refractivity contribution in [2.45, 2.75) is 39.0 Å². The number of aryl methyl sites for hydroxylation is 2. The van der Waals surface area contributed by atoms with E-state index < -0.39 is 6.17 Å². The van der Waals surface area contributed by atoms with E-state index in [4.69, 9.17) is 0 Å². The Morgan fingerprint density at radius 1 is 1.50 bits per heavy atom. The second kappa shape index (κ2) is 7.03. The lowest BCUT2D eigenvalue weighted by atomic mass is 10.1. The molecule has 3 rings (SSSR count). The van der Waals surface area contributed by atoms with Crippen LogP contribution in [0.4, 0.5) is 4.39 Å². The van der Waals surface area contributed by atoms with E-state index in [9.17, 15) is 9.18 Å². The van der Waals surface area contributed by atoms with Crippen LogP contribution in [-0.2, 0) is 13.6 Å². The smallest absolute Gasteiger partial charge is 0.252 e. The normalized spacial score (nSPS) is 21.3. The number of alkyl halides is 1. The van der Waals surface area contributed by atoms with Crippen molar-refractivity contribution in [3.63, 3.8) is 0 Å². The lowest BCUT2D eigenvalue weighted by molar-refractivity contribution is 0.0939. The highest BCUT2D eigenvalue weighted by atomic mass is 32.1. The molecule has 0 saturated carbocycles.